The van der Waals surface area contributed by atoms with Crippen molar-refractivity contribution in [2.75, 3.05) is 6.54 Å². The molecule has 5 heteroatoms. The normalized spacial score (nSPS) is 9.62. The first-order valence-electron chi connectivity index (χ1n) is 3.76. The van der Waals surface area contributed by atoms with Crippen molar-refractivity contribution in [2.45, 2.75) is 6.42 Å². The molecule has 1 rings (SSSR count). The van der Waals surface area contributed by atoms with Gasteiger partial charge in [0, 0.05) is 16.9 Å². The lowest BCUT2D eigenvalue weighted by molar-refractivity contribution is -0.120. The van der Waals surface area contributed by atoms with Crippen molar-refractivity contribution < 1.29 is 4.79 Å². The fourth-order valence-corrected chi connectivity index (χ4v) is 0.880. The van der Waals surface area contributed by atoms with Crippen molar-refractivity contribution >= 4 is 17.5 Å². The van der Waals surface area contributed by atoms with Gasteiger partial charge in [-0.15, -0.1) is 0 Å². The van der Waals surface area contributed by atoms with Gasteiger partial charge in [-0.05, 0) is 6.07 Å². The largest absolute Gasteiger partial charge is 0.351 e. The number of nitrogens with zero attached hydrogens (tertiary/aromatic N) is 1. The Morgan fingerprint density at radius 2 is 2.54 bits per heavy atom. The average molecular weight is 200 g/mol. The molecule has 0 spiro atoms. The minimum absolute atomic E-state index is 0.106. The maximum atomic E-state index is 11.2. The van der Waals surface area contributed by atoms with E-state index in [4.69, 9.17) is 11.6 Å². The lowest BCUT2D eigenvalue weighted by Crippen LogP contribution is -2.26. The highest BCUT2D eigenvalue weighted by atomic mass is 35.5. The van der Waals surface area contributed by atoms with Gasteiger partial charge in [0.1, 0.15) is 0 Å². The molecule has 1 heterocycles. The number of nitrogens with one attached hydrogen (secondary N) is 2. The predicted octanol–water partition coefficient (Wildman–Crippen LogP) is 0.821. The molecule has 1 amide bonds. The second-order valence-corrected chi connectivity index (χ2v) is 3.09. The molecular formula is C8H10ClN3O. The van der Waals surface area contributed by atoms with Gasteiger partial charge in [0.25, 0.3) is 0 Å². The van der Waals surface area contributed by atoms with Crippen LogP contribution in [0.4, 0.5) is 0 Å². The van der Waals surface area contributed by atoms with Gasteiger partial charge < -0.3 is 5.32 Å². The predicted molar refractivity (Wildman–Crippen MR) is 50.3 cm³/mol. The van der Waals surface area contributed by atoms with Crippen LogP contribution in [0.5, 0.6) is 0 Å². The van der Waals surface area contributed by atoms with Crippen LogP contribution in [0.25, 0.3) is 0 Å². The molecule has 0 unspecified atom stereocenters. The van der Waals surface area contributed by atoms with Crippen LogP contribution in [0.3, 0.4) is 0 Å². The minimum atomic E-state index is -0.106. The molecule has 2 N–H and O–H groups in total. The van der Waals surface area contributed by atoms with Crippen LogP contribution in [-0.4, -0.2) is 22.6 Å². The standard InChI is InChI=1S/C8H10ClN3O/c1-6(9)5-10-8(13)4-7-2-3-11-12-7/h2-3H,1,4-5H2,(H,10,13)(H,11,12). The third kappa shape index (κ3) is 3.75. The lowest BCUT2D eigenvalue weighted by Gasteiger charge is -2.01. The molecule has 70 valence electrons. The smallest absolute Gasteiger partial charge is 0.226 e. The van der Waals surface area contributed by atoms with Crippen LogP contribution in [-0.2, 0) is 11.2 Å². The monoisotopic (exact) mass is 199 g/mol. The van der Waals surface area contributed by atoms with Crippen LogP contribution >= 0.6 is 11.6 Å². The Kier molecular flexibility index (Phi) is 3.52. The lowest BCUT2D eigenvalue weighted by atomic mass is 10.3. The van der Waals surface area contributed by atoms with Crippen molar-refractivity contribution in [1.82, 2.24) is 15.5 Å². The summed E-state index contributed by atoms with van der Waals surface area (Å²) >= 11 is 5.47. The fraction of sp³-hybridized carbons (Fsp3) is 0.250. The van der Waals surface area contributed by atoms with E-state index in [1.165, 1.54) is 0 Å². The molecule has 0 aromatic carbocycles. The number of carbonyl (C=O) groups is 1. The van der Waals surface area contributed by atoms with E-state index >= 15 is 0 Å². The molecule has 0 radical (unpaired) electrons. The maximum absolute atomic E-state index is 11.2. The molecule has 1 aromatic rings. The molecule has 4 nitrogen and oxygen atoms in total. The first-order chi connectivity index (χ1) is 6.18. The molecule has 0 aliphatic heterocycles. The van der Waals surface area contributed by atoms with Crippen molar-refractivity contribution in [1.29, 1.82) is 0 Å². The zero-order chi connectivity index (χ0) is 9.68. The summed E-state index contributed by atoms with van der Waals surface area (Å²) in [4.78, 5) is 11.2. The number of aromatic nitrogens is 2. The molecule has 0 aliphatic rings. The van der Waals surface area contributed by atoms with E-state index in [1.807, 2.05) is 0 Å². The average Bonchev–Trinajstić information content (AvgIpc) is 2.53. The molecule has 0 fully saturated rings. The Labute approximate surface area is 81.0 Å². The van der Waals surface area contributed by atoms with Crippen LogP contribution in [0.1, 0.15) is 5.69 Å². The topological polar surface area (TPSA) is 57.8 Å². The molecule has 0 saturated heterocycles. The summed E-state index contributed by atoms with van der Waals surface area (Å²) in [5.74, 6) is -0.106. The number of halogens is 1. The van der Waals surface area contributed by atoms with Crippen LogP contribution in [0.2, 0.25) is 0 Å². The molecule has 0 bridgehead atoms. The first-order valence-corrected chi connectivity index (χ1v) is 4.14. The number of rotatable bonds is 4. The quantitative estimate of drug-likeness (QED) is 0.755. The molecule has 0 aliphatic carbocycles. The molecule has 0 saturated carbocycles. The maximum Gasteiger partial charge on any atom is 0.226 e. The third-order valence-corrected chi connectivity index (χ3v) is 1.52. The number of aromatic amines is 1. The Balaban J connectivity index is 2.30. The highest BCUT2D eigenvalue weighted by molar-refractivity contribution is 6.29. The second-order valence-electron chi connectivity index (χ2n) is 2.55. The SMILES string of the molecule is C=C(Cl)CNC(=O)Cc1ccn[nH]1. The van der Waals surface area contributed by atoms with Gasteiger partial charge in [0.05, 0.1) is 13.0 Å². The van der Waals surface area contributed by atoms with Crippen molar-refractivity contribution in [3.05, 3.63) is 29.6 Å². The highest BCUT2D eigenvalue weighted by Gasteiger charge is 2.03. The summed E-state index contributed by atoms with van der Waals surface area (Å²) < 4.78 is 0. The van der Waals surface area contributed by atoms with E-state index in [0.29, 0.717) is 11.6 Å². The van der Waals surface area contributed by atoms with Crippen molar-refractivity contribution in [2.24, 2.45) is 0 Å². The summed E-state index contributed by atoms with van der Waals surface area (Å²) in [5.41, 5.74) is 0.776. The van der Waals surface area contributed by atoms with Gasteiger partial charge in [-0.2, -0.15) is 5.10 Å². The van der Waals surface area contributed by atoms with Gasteiger partial charge in [-0.3, -0.25) is 9.89 Å². The van der Waals surface area contributed by atoms with Crippen molar-refractivity contribution in [3.8, 4) is 0 Å². The van der Waals surface area contributed by atoms with E-state index in [2.05, 4.69) is 22.1 Å². The zero-order valence-electron chi connectivity index (χ0n) is 7.01. The highest BCUT2D eigenvalue weighted by Crippen LogP contribution is 1.95. The van der Waals surface area contributed by atoms with Gasteiger partial charge in [0.2, 0.25) is 5.91 Å². The number of hydrogen-bond acceptors (Lipinski definition) is 2. The van der Waals surface area contributed by atoms with E-state index < -0.39 is 0 Å². The summed E-state index contributed by atoms with van der Waals surface area (Å²) in [6.07, 6.45) is 1.88. The van der Waals surface area contributed by atoms with Gasteiger partial charge in [-0.25, -0.2) is 0 Å². The van der Waals surface area contributed by atoms with Crippen LogP contribution in [0.15, 0.2) is 23.9 Å². The number of H-pyrrole nitrogens is 1. The summed E-state index contributed by atoms with van der Waals surface area (Å²) in [6, 6.07) is 1.75. The Hall–Kier alpha value is -1.29. The number of carbonyl (C=O) groups excluding carboxylic acids is 1. The summed E-state index contributed by atoms with van der Waals surface area (Å²) in [6.45, 7) is 3.75. The Bertz CT molecular complexity index is 294. The summed E-state index contributed by atoms with van der Waals surface area (Å²) in [5, 5.41) is 9.43. The molecule has 1 aromatic heterocycles. The number of hydrogen-bond donors (Lipinski definition) is 2. The Morgan fingerprint density at radius 1 is 1.77 bits per heavy atom. The number of amides is 1. The van der Waals surface area contributed by atoms with Crippen LogP contribution in [0, 0.1) is 0 Å². The fourth-order valence-electron chi connectivity index (χ4n) is 0.813. The van der Waals surface area contributed by atoms with Gasteiger partial charge in [0.15, 0.2) is 0 Å². The van der Waals surface area contributed by atoms with E-state index in [0.717, 1.165) is 5.69 Å². The van der Waals surface area contributed by atoms with E-state index in [9.17, 15) is 4.79 Å². The molecular weight excluding hydrogens is 190 g/mol. The summed E-state index contributed by atoms with van der Waals surface area (Å²) in [7, 11) is 0. The van der Waals surface area contributed by atoms with E-state index in [1.54, 1.807) is 12.3 Å². The van der Waals surface area contributed by atoms with Gasteiger partial charge >= 0.3 is 0 Å². The van der Waals surface area contributed by atoms with E-state index in [-0.39, 0.29) is 12.3 Å². The zero-order valence-corrected chi connectivity index (χ0v) is 7.77. The molecule has 13 heavy (non-hydrogen) atoms. The molecule has 0 atom stereocenters. The van der Waals surface area contributed by atoms with Crippen molar-refractivity contribution in [3.63, 3.8) is 0 Å². The second kappa shape index (κ2) is 4.67. The minimum Gasteiger partial charge on any atom is -0.351 e. The first kappa shape index (κ1) is 9.80. The van der Waals surface area contributed by atoms with Gasteiger partial charge in [-0.1, -0.05) is 18.2 Å². The Morgan fingerprint density at radius 3 is 3.08 bits per heavy atom. The van der Waals surface area contributed by atoms with Crippen LogP contribution < -0.4 is 5.32 Å². The third-order valence-electron chi connectivity index (χ3n) is 1.39.